The minimum atomic E-state index is -3.91. The summed E-state index contributed by atoms with van der Waals surface area (Å²) >= 11 is 3.39. The molecule has 0 saturated heterocycles. The normalized spacial score (nSPS) is 12.7. The standard InChI is InChI=1S/C23H29BrFN3O4S/c1-16(22(30)26-23(2,3)4)27(14-17-8-6-9-18(24)12-17)21(29)15-28(33(5,31)32)20-11-7-10-19(25)13-20/h6-13,16H,14-15H2,1-5H3,(H,26,30)/t16-/m0/s1. The molecule has 0 aliphatic carbocycles. The Morgan fingerprint density at radius 1 is 1.12 bits per heavy atom. The van der Waals surface area contributed by atoms with Crippen LogP contribution in [0, 0.1) is 5.82 Å². The fourth-order valence-electron chi connectivity index (χ4n) is 3.13. The zero-order valence-corrected chi connectivity index (χ0v) is 21.7. The summed E-state index contributed by atoms with van der Waals surface area (Å²) in [5.74, 6) is -1.60. The van der Waals surface area contributed by atoms with Crippen LogP contribution in [0.1, 0.15) is 33.3 Å². The quantitative estimate of drug-likeness (QED) is 0.552. The number of hydrogen-bond donors (Lipinski definition) is 1. The molecule has 10 heteroatoms. The van der Waals surface area contributed by atoms with Gasteiger partial charge >= 0.3 is 0 Å². The first-order chi connectivity index (χ1) is 15.2. The lowest BCUT2D eigenvalue weighted by Crippen LogP contribution is -2.54. The number of halogens is 2. The van der Waals surface area contributed by atoms with Crippen molar-refractivity contribution in [2.45, 2.75) is 45.8 Å². The van der Waals surface area contributed by atoms with Crippen molar-refractivity contribution in [1.82, 2.24) is 10.2 Å². The number of rotatable bonds is 8. The van der Waals surface area contributed by atoms with Crippen molar-refractivity contribution in [3.05, 3.63) is 64.4 Å². The number of amides is 2. The van der Waals surface area contributed by atoms with E-state index in [2.05, 4.69) is 21.2 Å². The Hall–Kier alpha value is -2.46. The monoisotopic (exact) mass is 541 g/mol. The molecule has 1 N–H and O–H groups in total. The number of carbonyl (C=O) groups is 2. The molecular weight excluding hydrogens is 513 g/mol. The van der Waals surface area contributed by atoms with Gasteiger partial charge in [0, 0.05) is 16.6 Å². The third kappa shape index (κ3) is 8.12. The Bertz CT molecular complexity index is 1120. The van der Waals surface area contributed by atoms with Crippen LogP contribution >= 0.6 is 15.9 Å². The molecule has 33 heavy (non-hydrogen) atoms. The predicted molar refractivity (Wildman–Crippen MR) is 131 cm³/mol. The van der Waals surface area contributed by atoms with Crippen LogP contribution in [0.4, 0.5) is 10.1 Å². The molecule has 7 nitrogen and oxygen atoms in total. The summed E-state index contributed by atoms with van der Waals surface area (Å²) in [5.41, 5.74) is 0.265. The van der Waals surface area contributed by atoms with E-state index in [0.29, 0.717) is 0 Å². The van der Waals surface area contributed by atoms with Crippen molar-refractivity contribution in [1.29, 1.82) is 0 Å². The minimum absolute atomic E-state index is 0.0278. The topological polar surface area (TPSA) is 86.8 Å². The molecule has 0 radical (unpaired) electrons. The second kappa shape index (κ2) is 10.6. The van der Waals surface area contributed by atoms with Crippen LogP contribution in [0.3, 0.4) is 0 Å². The van der Waals surface area contributed by atoms with E-state index in [1.165, 1.54) is 23.1 Å². The molecule has 2 aromatic carbocycles. The molecule has 2 amide bonds. The van der Waals surface area contributed by atoms with Gasteiger partial charge in [-0.15, -0.1) is 0 Å². The average molecular weight is 542 g/mol. The maximum Gasteiger partial charge on any atom is 0.244 e. The Labute approximate surface area is 203 Å². The molecular formula is C23H29BrFN3O4S. The molecule has 0 saturated carbocycles. The van der Waals surface area contributed by atoms with Crippen LogP contribution in [-0.2, 0) is 26.2 Å². The number of nitrogens with zero attached hydrogens (tertiary/aromatic N) is 2. The van der Waals surface area contributed by atoms with Gasteiger partial charge in [-0.1, -0.05) is 34.1 Å². The summed E-state index contributed by atoms with van der Waals surface area (Å²) in [6.45, 7) is 6.57. The summed E-state index contributed by atoms with van der Waals surface area (Å²) in [5, 5.41) is 2.85. The molecule has 0 unspecified atom stereocenters. The second-order valence-electron chi connectivity index (χ2n) is 8.82. The second-order valence-corrected chi connectivity index (χ2v) is 11.6. The number of hydrogen-bond acceptors (Lipinski definition) is 4. The van der Waals surface area contributed by atoms with Gasteiger partial charge < -0.3 is 10.2 Å². The highest BCUT2D eigenvalue weighted by Crippen LogP contribution is 2.21. The first-order valence-electron chi connectivity index (χ1n) is 10.3. The van der Waals surface area contributed by atoms with Gasteiger partial charge in [0.1, 0.15) is 18.4 Å². The van der Waals surface area contributed by atoms with Gasteiger partial charge in [-0.2, -0.15) is 0 Å². The number of nitrogens with one attached hydrogen (secondary N) is 1. The van der Waals surface area contributed by atoms with Crippen LogP contribution in [0.15, 0.2) is 53.0 Å². The van der Waals surface area contributed by atoms with E-state index < -0.39 is 39.9 Å². The fourth-order valence-corrected chi connectivity index (χ4v) is 4.42. The van der Waals surface area contributed by atoms with Crippen molar-refractivity contribution < 1.29 is 22.4 Å². The van der Waals surface area contributed by atoms with Crippen LogP contribution in [0.2, 0.25) is 0 Å². The molecule has 1 atom stereocenters. The van der Waals surface area contributed by atoms with E-state index in [4.69, 9.17) is 0 Å². The van der Waals surface area contributed by atoms with Crippen molar-refractivity contribution in [2.24, 2.45) is 0 Å². The zero-order chi connectivity index (χ0) is 25.0. The molecule has 0 aliphatic heterocycles. The lowest BCUT2D eigenvalue weighted by atomic mass is 10.1. The highest BCUT2D eigenvalue weighted by Gasteiger charge is 2.31. The van der Waals surface area contributed by atoms with E-state index >= 15 is 0 Å². The van der Waals surface area contributed by atoms with E-state index in [1.807, 2.05) is 32.9 Å². The first kappa shape index (κ1) is 26.8. The van der Waals surface area contributed by atoms with E-state index in [-0.39, 0.29) is 18.1 Å². The van der Waals surface area contributed by atoms with Gasteiger partial charge in [0.05, 0.1) is 11.9 Å². The Morgan fingerprint density at radius 2 is 1.76 bits per heavy atom. The van der Waals surface area contributed by atoms with E-state index in [1.54, 1.807) is 19.1 Å². The number of anilines is 1. The maximum atomic E-state index is 13.8. The molecule has 0 fully saturated rings. The summed E-state index contributed by atoms with van der Waals surface area (Å²) < 4.78 is 40.3. The van der Waals surface area contributed by atoms with Crippen LogP contribution < -0.4 is 9.62 Å². The molecule has 180 valence electrons. The lowest BCUT2D eigenvalue weighted by Gasteiger charge is -2.33. The van der Waals surface area contributed by atoms with Crippen LogP contribution in [0.5, 0.6) is 0 Å². The van der Waals surface area contributed by atoms with Gasteiger partial charge in [0.15, 0.2) is 0 Å². The number of sulfonamides is 1. The third-order valence-corrected chi connectivity index (χ3v) is 6.32. The largest absolute Gasteiger partial charge is 0.350 e. The van der Waals surface area contributed by atoms with Crippen molar-refractivity contribution in [3.8, 4) is 0 Å². The van der Waals surface area contributed by atoms with E-state index in [9.17, 15) is 22.4 Å². The molecule has 0 aliphatic rings. The van der Waals surface area contributed by atoms with Gasteiger partial charge in [-0.25, -0.2) is 12.8 Å². The molecule has 0 heterocycles. The summed E-state index contributed by atoms with van der Waals surface area (Å²) in [4.78, 5) is 27.6. The SMILES string of the molecule is C[C@@H](C(=O)NC(C)(C)C)N(Cc1cccc(Br)c1)C(=O)CN(c1cccc(F)c1)S(C)(=O)=O. The highest BCUT2D eigenvalue weighted by atomic mass is 79.9. The van der Waals surface area contributed by atoms with Crippen LogP contribution in [-0.4, -0.2) is 49.5 Å². The Kier molecular flexibility index (Phi) is 8.64. The van der Waals surface area contributed by atoms with Crippen molar-refractivity contribution >= 4 is 43.5 Å². The highest BCUT2D eigenvalue weighted by molar-refractivity contribution is 9.10. The minimum Gasteiger partial charge on any atom is -0.350 e. The number of benzene rings is 2. The molecule has 0 aromatic heterocycles. The predicted octanol–water partition coefficient (Wildman–Crippen LogP) is 3.69. The van der Waals surface area contributed by atoms with Crippen molar-refractivity contribution in [2.75, 3.05) is 17.1 Å². The van der Waals surface area contributed by atoms with Gasteiger partial charge in [-0.05, 0) is 63.6 Å². The summed E-state index contributed by atoms with van der Waals surface area (Å²) in [6, 6.07) is 11.4. The maximum absolute atomic E-state index is 13.8. The van der Waals surface area contributed by atoms with Gasteiger partial charge in [-0.3, -0.25) is 13.9 Å². The fraction of sp³-hybridized carbons (Fsp3) is 0.391. The van der Waals surface area contributed by atoms with Crippen LogP contribution in [0.25, 0.3) is 0 Å². The molecule has 2 rings (SSSR count). The van der Waals surface area contributed by atoms with Gasteiger partial charge in [0.2, 0.25) is 21.8 Å². The molecule has 2 aromatic rings. The first-order valence-corrected chi connectivity index (χ1v) is 12.9. The van der Waals surface area contributed by atoms with Gasteiger partial charge in [0.25, 0.3) is 0 Å². The summed E-state index contributed by atoms with van der Waals surface area (Å²) in [6.07, 6.45) is 0.944. The average Bonchev–Trinajstić information content (AvgIpc) is 2.67. The lowest BCUT2D eigenvalue weighted by molar-refractivity contribution is -0.140. The smallest absolute Gasteiger partial charge is 0.244 e. The van der Waals surface area contributed by atoms with Crippen molar-refractivity contribution in [3.63, 3.8) is 0 Å². The zero-order valence-electron chi connectivity index (χ0n) is 19.3. The number of carbonyl (C=O) groups excluding carboxylic acids is 2. The molecule has 0 bridgehead atoms. The summed E-state index contributed by atoms with van der Waals surface area (Å²) in [7, 11) is -3.91. The molecule has 0 spiro atoms. The van der Waals surface area contributed by atoms with E-state index in [0.717, 1.165) is 26.7 Å². The Morgan fingerprint density at radius 3 is 2.30 bits per heavy atom. The Balaban J connectivity index is 2.41. The third-order valence-electron chi connectivity index (χ3n) is 4.68.